The minimum Gasteiger partial charge on any atom is -0.378 e. The number of piperazine rings is 1. The first-order chi connectivity index (χ1) is 13.9. The van der Waals surface area contributed by atoms with Gasteiger partial charge in [0, 0.05) is 58.5 Å². The van der Waals surface area contributed by atoms with Crippen molar-refractivity contribution in [3.63, 3.8) is 0 Å². The molecule has 0 spiro atoms. The van der Waals surface area contributed by atoms with Crippen LogP contribution in [0.25, 0.3) is 0 Å². The number of morpholine rings is 1. The van der Waals surface area contributed by atoms with Crippen LogP contribution >= 0.6 is 0 Å². The molecule has 1 N–H and O–H groups in total. The Balaban J connectivity index is 1.48. The first-order valence-electron chi connectivity index (χ1n) is 10.1. The molecule has 9 heteroatoms. The summed E-state index contributed by atoms with van der Waals surface area (Å²) in [5.41, 5.74) is 2.32. The summed E-state index contributed by atoms with van der Waals surface area (Å²) in [4.78, 5) is 10.1. The van der Waals surface area contributed by atoms with Crippen molar-refractivity contribution in [3.8, 4) is 0 Å². The molecular formula is C20H30F3N5O. The van der Waals surface area contributed by atoms with Crippen molar-refractivity contribution in [2.24, 2.45) is 4.99 Å². The van der Waals surface area contributed by atoms with Gasteiger partial charge in [0.1, 0.15) is 6.04 Å². The van der Waals surface area contributed by atoms with Crippen molar-refractivity contribution in [2.45, 2.75) is 25.7 Å². The standard InChI is InChI=1S/C20H30F3N5O/c1-16(20(21,22)23)26-7-9-28(10-8-26)19(24-2)25-15-17-3-5-18(6-4-17)27-11-13-29-14-12-27/h3-6,16H,7-15H2,1-2H3,(H,24,25). The number of ether oxygens (including phenoxy) is 1. The molecule has 1 aromatic carbocycles. The number of rotatable bonds is 4. The first-order valence-corrected chi connectivity index (χ1v) is 10.1. The summed E-state index contributed by atoms with van der Waals surface area (Å²) in [5.74, 6) is 0.724. The molecular weight excluding hydrogens is 383 g/mol. The smallest absolute Gasteiger partial charge is 0.378 e. The van der Waals surface area contributed by atoms with Gasteiger partial charge in [-0.15, -0.1) is 0 Å². The number of aliphatic imine (C=N–C) groups is 1. The Hall–Kier alpha value is -2.00. The average molecular weight is 413 g/mol. The number of nitrogens with one attached hydrogen (secondary N) is 1. The Morgan fingerprint density at radius 2 is 1.69 bits per heavy atom. The van der Waals surface area contributed by atoms with Gasteiger partial charge in [0.2, 0.25) is 0 Å². The fourth-order valence-corrected chi connectivity index (χ4v) is 3.69. The highest BCUT2D eigenvalue weighted by atomic mass is 19.4. The molecule has 1 atom stereocenters. The van der Waals surface area contributed by atoms with E-state index < -0.39 is 12.2 Å². The van der Waals surface area contributed by atoms with Gasteiger partial charge < -0.3 is 19.9 Å². The van der Waals surface area contributed by atoms with Crippen molar-refractivity contribution in [1.29, 1.82) is 0 Å². The molecule has 0 bridgehead atoms. The average Bonchev–Trinajstić information content (AvgIpc) is 2.74. The second kappa shape index (κ2) is 9.67. The molecule has 2 heterocycles. The van der Waals surface area contributed by atoms with Crippen molar-refractivity contribution >= 4 is 11.6 Å². The Morgan fingerprint density at radius 1 is 1.07 bits per heavy atom. The molecule has 29 heavy (non-hydrogen) atoms. The number of alkyl halides is 3. The van der Waals surface area contributed by atoms with Crippen LogP contribution in [0.15, 0.2) is 29.3 Å². The van der Waals surface area contributed by atoms with Crippen LogP contribution in [0.5, 0.6) is 0 Å². The third-order valence-corrected chi connectivity index (χ3v) is 5.61. The van der Waals surface area contributed by atoms with Gasteiger partial charge in [-0.25, -0.2) is 0 Å². The van der Waals surface area contributed by atoms with Crippen LogP contribution in [0.1, 0.15) is 12.5 Å². The van der Waals surface area contributed by atoms with E-state index in [1.165, 1.54) is 17.5 Å². The van der Waals surface area contributed by atoms with E-state index >= 15 is 0 Å². The van der Waals surface area contributed by atoms with Crippen LogP contribution in [0, 0.1) is 0 Å². The van der Waals surface area contributed by atoms with Gasteiger partial charge in [-0.1, -0.05) is 12.1 Å². The maximum atomic E-state index is 12.9. The topological polar surface area (TPSA) is 43.3 Å². The molecule has 6 nitrogen and oxygen atoms in total. The van der Waals surface area contributed by atoms with E-state index in [1.54, 1.807) is 7.05 Å². The summed E-state index contributed by atoms with van der Waals surface area (Å²) in [6.07, 6.45) is -4.19. The lowest BCUT2D eigenvalue weighted by Gasteiger charge is -2.39. The second-order valence-corrected chi connectivity index (χ2v) is 7.41. The van der Waals surface area contributed by atoms with Crippen molar-refractivity contribution in [1.82, 2.24) is 15.1 Å². The maximum Gasteiger partial charge on any atom is 0.403 e. The van der Waals surface area contributed by atoms with Gasteiger partial charge in [0.15, 0.2) is 5.96 Å². The zero-order valence-corrected chi connectivity index (χ0v) is 17.1. The first kappa shape index (κ1) is 21.7. The second-order valence-electron chi connectivity index (χ2n) is 7.41. The van der Waals surface area contributed by atoms with Crippen molar-refractivity contribution < 1.29 is 17.9 Å². The third-order valence-electron chi connectivity index (χ3n) is 5.61. The predicted octanol–water partition coefficient (Wildman–Crippen LogP) is 2.17. The van der Waals surface area contributed by atoms with Gasteiger partial charge >= 0.3 is 6.18 Å². The summed E-state index contributed by atoms with van der Waals surface area (Å²) in [7, 11) is 1.70. The Morgan fingerprint density at radius 3 is 2.24 bits per heavy atom. The molecule has 0 saturated carbocycles. The molecule has 0 aromatic heterocycles. The number of hydrogen-bond donors (Lipinski definition) is 1. The molecule has 0 amide bonds. The molecule has 0 radical (unpaired) electrons. The van der Waals surface area contributed by atoms with E-state index in [-0.39, 0.29) is 0 Å². The van der Waals surface area contributed by atoms with Crippen LogP contribution in [0.3, 0.4) is 0 Å². The number of anilines is 1. The number of benzene rings is 1. The SMILES string of the molecule is CN=C(NCc1ccc(N2CCOCC2)cc1)N1CCN(C(C)C(F)(F)F)CC1. The molecule has 2 fully saturated rings. The summed E-state index contributed by atoms with van der Waals surface area (Å²) >= 11 is 0. The highest BCUT2D eigenvalue weighted by molar-refractivity contribution is 5.80. The van der Waals surface area contributed by atoms with Crippen LogP contribution in [-0.4, -0.2) is 87.5 Å². The van der Waals surface area contributed by atoms with Crippen LogP contribution < -0.4 is 10.2 Å². The Bertz CT molecular complexity index is 666. The summed E-state index contributed by atoms with van der Waals surface area (Å²) in [5, 5.41) is 3.33. The fourth-order valence-electron chi connectivity index (χ4n) is 3.69. The zero-order valence-electron chi connectivity index (χ0n) is 17.1. The quantitative estimate of drug-likeness (QED) is 0.606. The number of hydrogen-bond acceptors (Lipinski definition) is 4. The Kier molecular flexibility index (Phi) is 7.23. The van der Waals surface area contributed by atoms with Crippen LogP contribution in [0.2, 0.25) is 0 Å². The monoisotopic (exact) mass is 413 g/mol. The van der Waals surface area contributed by atoms with Crippen LogP contribution in [-0.2, 0) is 11.3 Å². The van der Waals surface area contributed by atoms with Crippen LogP contribution in [0.4, 0.5) is 18.9 Å². The van der Waals surface area contributed by atoms with E-state index in [0.29, 0.717) is 32.7 Å². The lowest BCUT2D eigenvalue weighted by molar-refractivity contribution is -0.181. The highest BCUT2D eigenvalue weighted by Gasteiger charge is 2.41. The molecule has 162 valence electrons. The van der Waals surface area contributed by atoms with E-state index in [2.05, 4.69) is 39.5 Å². The van der Waals surface area contributed by atoms with E-state index in [0.717, 1.165) is 37.8 Å². The normalized spacial score (nSPS) is 20.7. The van der Waals surface area contributed by atoms with E-state index in [4.69, 9.17) is 4.74 Å². The molecule has 1 aromatic rings. The largest absolute Gasteiger partial charge is 0.403 e. The fraction of sp³-hybridized carbons (Fsp3) is 0.650. The van der Waals surface area contributed by atoms with Gasteiger partial charge in [-0.2, -0.15) is 13.2 Å². The minimum atomic E-state index is -4.19. The van der Waals surface area contributed by atoms with Gasteiger partial charge in [0.25, 0.3) is 0 Å². The van der Waals surface area contributed by atoms with Gasteiger partial charge in [-0.3, -0.25) is 9.89 Å². The summed E-state index contributed by atoms with van der Waals surface area (Å²) in [6, 6.07) is 7.00. The lowest BCUT2D eigenvalue weighted by atomic mass is 10.2. The lowest BCUT2D eigenvalue weighted by Crippen LogP contribution is -2.56. The predicted molar refractivity (Wildman–Crippen MR) is 108 cm³/mol. The third kappa shape index (κ3) is 5.76. The van der Waals surface area contributed by atoms with Crippen molar-refractivity contribution in [2.75, 3.05) is 64.4 Å². The molecule has 2 saturated heterocycles. The molecule has 0 aliphatic carbocycles. The number of nitrogens with zero attached hydrogens (tertiary/aromatic N) is 4. The molecule has 2 aliphatic heterocycles. The maximum absolute atomic E-state index is 12.9. The summed E-state index contributed by atoms with van der Waals surface area (Å²) in [6.45, 7) is 6.96. The summed E-state index contributed by atoms with van der Waals surface area (Å²) < 4.78 is 44.1. The van der Waals surface area contributed by atoms with Gasteiger partial charge in [0.05, 0.1) is 13.2 Å². The Labute approximate surface area is 170 Å². The zero-order chi connectivity index (χ0) is 20.9. The van der Waals surface area contributed by atoms with E-state index in [1.807, 2.05) is 4.90 Å². The minimum absolute atomic E-state index is 0.371. The number of guanidine groups is 1. The molecule has 3 rings (SSSR count). The van der Waals surface area contributed by atoms with Gasteiger partial charge in [-0.05, 0) is 24.6 Å². The molecule has 1 unspecified atom stereocenters. The number of halogens is 3. The van der Waals surface area contributed by atoms with Crippen molar-refractivity contribution in [3.05, 3.63) is 29.8 Å². The molecule has 2 aliphatic rings. The van der Waals surface area contributed by atoms with E-state index in [9.17, 15) is 13.2 Å². The highest BCUT2D eigenvalue weighted by Crippen LogP contribution is 2.25.